The predicted molar refractivity (Wildman–Crippen MR) is 98.3 cm³/mol. The van der Waals surface area contributed by atoms with E-state index in [2.05, 4.69) is 18.2 Å². The predicted octanol–water partition coefficient (Wildman–Crippen LogP) is 3.61. The van der Waals surface area contributed by atoms with E-state index in [1.807, 2.05) is 36.4 Å². The van der Waals surface area contributed by atoms with Crippen LogP contribution in [-0.4, -0.2) is 35.5 Å². The smallest absolute Gasteiger partial charge is 0.303 e. The maximum atomic E-state index is 10.5. The first kappa shape index (κ1) is 19.4. The Labute approximate surface area is 149 Å². The Bertz CT molecular complexity index is 565. The van der Waals surface area contributed by atoms with Crippen LogP contribution >= 0.6 is 0 Å². The molecular weight excluding hydrogens is 316 g/mol. The summed E-state index contributed by atoms with van der Waals surface area (Å²) < 4.78 is 5.59. The molecule has 2 rings (SSSR count). The Kier molecular flexibility index (Phi) is 8.43. The van der Waals surface area contributed by atoms with Gasteiger partial charge in [0.2, 0.25) is 0 Å². The van der Waals surface area contributed by atoms with Crippen LogP contribution in [0.4, 0.5) is 0 Å². The van der Waals surface area contributed by atoms with E-state index in [1.165, 1.54) is 0 Å². The molecule has 4 nitrogen and oxygen atoms in total. The van der Waals surface area contributed by atoms with Gasteiger partial charge in [0, 0.05) is 18.8 Å². The normalized spacial score (nSPS) is 22.0. The first-order valence-corrected chi connectivity index (χ1v) is 9.00. The van der Waals surface area contributed by atoms with Gasteiger partial charge in [-0.15, -0.1) is 0 Å². The molecule has 136 valence electrons. The van der Waals surface area contributed by atoms with Crippen LogP contribution in [0.1, 0.15) is 31.2 Å². The molecular formula is C21H28O4. The van der Waals surface area contributed by atoms with Crippen LogP contribution in [0.2, 0.25) is 0 Å². The summed E-state index contributed by atoms with van der Waals surface area (Å²) in [5, 5.41) is 18.8. The van der Waals surface area contributed by atoms with Crippen molar-refractivity contribution in [3.8, 4) is 0 Å². The summed E-state index contributed by atoms with van der Waals surface area (Å²) in [5.74, 6) is 0.0156. The number of ether oxygens (including phenoxy) is 1. The Balaban J connectivity index is 1.72. The minimum atomic E-state index is -0.739. The molecule has 1 aromatic carbocycles. The lowest BCUT2D eigenvalue weighted by Crippen LogP contribution is -2.12. The summed E-state index contributed by atoms with van der Waals surface area (Å²) in [4.78, 5) is 10.5. The highest BCUT2D eigenvalue weighted by molar-refractivity contribution is 5.66. The van der Waals surface area contributed by atoms with Crippen molar-refractivity contribution in [2.24, 2.45) is 11.8 Å². The molecule has 25 heavy (non-hydrogen) atoms. The summed E-state index contributed by atoms with van der Waals surface area (Å²) in [6.45, 7) is 1.44. The number of hydrogen-bond acceptors (Lipinski definition) is 3. The summed E-state index contributed by atoms with van der Waals surface area (Å²) in [6, 6.07) is 9.98. The number of carboxylic acids is 1. The number of aliphatic hydroxyl groups is 1. The molecule has 0 aromatic heterocycles. The quantitative estimate of drug-likeness (QED) is 0.503. The number of allylic oxidation sites excluding steroid dienone is 2. The van der Waals surface area contributed by atoms with Crippen molar-refractivity contribution < 1.29 is 19.7 Å². The van der Waals surface area contributed by atoms with Gasteiger partial charge >= 0.3 is 5.97 Å². The Morgan fingerprint density at radius 2 is 2.04 bits per heavy atom. The van der Waals surface area contributed by atoms with Gasteiger partial charge in [-0.05, 0) is 30.7 Å². The molecule has 1 aromatic rings. The molecule has 1 aliphatic rings. The van der Waals surface area contributed by atoms with Crippen LogP contribution < -0.4 is 0 Å². The van der Waals surface area contributed by atoms with Crippen molar-refractivity contribution in [3.63, 3.8) is 0 Å². The average Bonchev–Trinajstić information content (AvgIpc) is 3.04. The second-order valence-corrected chi connectivity index (χ2v) is 6.60. The molecule has 1 unspecified atom stereocenters. The third-order valence-corrected chi connectivity index (χ3v) is 4.48. The molecule has 3 atom stereocenters. The molecule has 1 saturated heterocycles. The lowest BCUT2D eigenvalue weighted by atomic mass is 9.91. The molecule has 0 radical (unpaired) electrons. The van der Waals surface area contributed by atoms with Crippen LogP contribution in [0, 0.1) is 11.8 Å². The zero-order valence-electron chi connectivity index (χ0n) is 14.6. The summed E-state index contributed by atoms with van der Waals surface area (Å²) in [7, 11) is 0. The van der Waals surface area contributed by atoms with E-state index in [0.29, 0.717) is 31.3 Å². The van der Waals surface area contributed by atoms with Crippen LogP contribution in [0.25, 0.3) is 0 Å². The van der Waals surface area contributed by atoms with E-state index >= 15 is 0 Å². The van der Waals surface area contributed by atoms with Crippen molar-refractivity contribution in [1.29, 1.82) is 0 Å². The third-order valence-electron chi connectivity index (χ3n) is 4.48. The van der Waals surface area contributed by atoms with Gasteiger partial charge in [0.05, 0.1) is 19.3 Å². The fourth-order valence-electron chi connectivity index (χ4n) is 3.03. The maximum Gasteiger partial charge on any atom is 0.303 e. The van der Waals surface area contributed by atoms with Gasteiger partial charge in [-0.2, -0.15) is 0 Å². The SMILES string of the molecule is O=C(O)CCC/C=C\C[C@H]1COC[C@H]1/C=C/C(O)Cc1ccccc1. The van der Waals surface area contributed by atoms with Gasteiger partial charge in [0.1, 0.15) is 0 Å². The number of carbonyl (C=O) groups is 1. The lowest BCUT2D eigenvalue weighted by molar-refractivity contribution is -0.137. The van der Waals surface area contributed by atoms with Gasteiger partial charge in [0.25, 0.3) is 0 Å². The lowest BCUT2D eigenvalue weighted by Gasteiger charge is -2.13. The van der Waals surface area contributed by atoms with E-state index in [-0.39, 0.29) is 6.42 Å². The molecule has 0 spiro atoms. The molecule has 0 aliphatic carbocycles. The Morgan fingerprint density at radius 1 is 1.24 bits per heavy atom. The molecule has 0 bridgehead atoms. The molecule has 0 saturated carbocycles. The summed E-state index contributed by atoms with van der Waals surface area (Å²) in [5.41, 5.74) is 1.13. The number of unbranched alkanes of at least 4 members (excludes halogenated alkanes) is 1. The molecule has 1 heterocycles. The summed E-state index contributed by atoms with van der Waals surface area (Å²) in [6.07, 6.45) is 10.9. The van der Waals surface area contributed by atoms with E-state index in [4.69, 9.17) is 9.84 Å². The van der Waals surface area contributed by atoms with Crippen molar-refractivity contribution in [1.82, 2.24) is 0 Å². The minimum absolute atomic E-state index is 0.224. The van der Waals surface area contributed by atoms with E-state index < -0.39 is 12.1 Å². The van der Waals surface area contributed by atoms with E-state index in [0.717, 1.165) is 25.0 Å². The molecule has 1 fully saturated rings. The minimum Gasteiger partial charge on any atom is -0.481 e. The maximum absolute atomic E-state index is 10.5. The van der Waals surface area contributed by atoms with Crippen molar-refractivity contribution in [2.75, 3.05) is 13.2 Å². The number of aliphatic hydroxyl groups excluding tert-OH is 1. The topological polar surface area (TPSA) is 66.8 Å². The molecule has 4 heteroatoms. The zero-order chi connectivity index (χ0) is 17.9. The monoisotopic (exact) mass is 344 g/mol. The van der Waals surface area contributed by atoms with Gasteiger partial charge < -0.3 is 14.9 Å². The first-order valence-electron chi connectivity index (χ1n) is 9.00. The van der Waals surface area contributed by atoms with Crippen LogP contribution in [0.3, 0.4) is 0 Å². The van der Waals surface area contributed by atoms with Gasteiger partial charge in [-0.25, -0.2) is 0 Å². The van der Waals surface area contributed by atoms with Gasteiger partial charge in [0.15, 0.2) is 0 Å². The Hall–Kier alpha value is -1.91. The molecule has 2 N–H and O–H groups in total. The summed E-state index contributed by atoms with van der Waals surface area (Å²) >= 11 is 0. The second kappa shape index (κ2) is 10.9. The number of benzene rings is 1. The number of rotatable bonds is 10. The highest BCUT2D eigenvalue weighted by atomic mass is 16.5. The van der Waals surface area contributed by atoms with Gasteiger partial charge in [-0.3, -0.25) is 4.79 Å². The standard InChI is InChI=1S/C21H28O4/c22-20(14-17-8-4-3-5-9-17)13-12-19-16-25-15-18(19)10-6-1-2-7-11-21(23)24/h1,3-6,8-9,12-13,18-20,22H,2,7,10-11,14-16H2,(H,23,24)/b6-1-,13-12+/t18-,19+,20?/m0/s1. The first-order chi connectivity index (χ1) is 12.1. The number of carboxylic acid groups (broad SMARTS) is 1. The average molecular weight is 344 g/mol. The fourth-order valence-corrected chi connectivity index (χ4v) is 3.03. The van der Waals surface area contributed by atoms with E-state index in [1.54, 1.807) is 0 Å². The van der Waals surface area contributed by atoms with E-state index in [9.17, 15) is 9.90 Å². The highest BCUT2D eigenvalue weighted by Gasteiger charge is 2.25. The second-order valence-electron chi connectivity index (χ2n) is 6.60. The van der Waals surface area contributed by atoms with Crippen molar-refractivity contribution in [3.05, 3.63) is 60.2 Å². The number of hydrogen-bond donors (Lipinski definition) is 2. The Morgan fingerprint density at radius 3 is 2.80 bits per heavy atom. The van der Waals surface area contributed by atoms with Crippen molar-refractivity contribution in [2.45, 2.75) is 38.2 Å². The van der Waals surface area contributed by atoms with Crippen molar-refractivity contribution >= 4 is 5.97 Å². The fraction of sp³-hybridized carbons (Fsp3) is 0.476. The molecule has 1 aliphatic heterocycles. The number of aliphatic carboxylic acids is 1. The highest BCUT2D eigenvalue weighted by Crippen LogP contribution is 2.26. The van der Waals surface area contributed by atoms with Crippen LogP contribution in [0.5, 0.6) is 0 Å². The third kappa shape index (κ3) is 7.67. The van der Waals surface area contributed by atoms with Crippen LogP contribution in [0.15, 0.2) is 54.6 Å². The van der Waals surface area contributed by atoms with Gasteiger partial charge in [-0.1, -0.05) is 54.6 Å². The van der Waals surface area contributed by atoms with Crippen LogP contribution in [-0.2, 0) is 16.0 Å². The zero-order valence-corrected chi connectivity index (χ0v) is 14.6. The largest absolute Gasteiger partial charge is 0.481 e. The molecule has 0 amide bonds.